The monoisotopic (exact) mass is 854 g/mol. The van der Waals surface area contributed by atoms with Gasteiger partial charge in [0.05, 0.1) is 16.7 Å². The minimum absolute atomic E-state index is 0.0757. The maximum absolute atomic E-state index is 16.9. The Bertz CT molecular complexity index is 3060. The van der Waals surface area contributed by atoms with Gasteiger partial charge in [-0.2, -0.15) is 10.1 Å². The van der Waals surface area contributed by atoms with Gasteiger partial charge < -0.3 is 9.47 Å². The zero-order valence-electron chi connectivity index (χ0n) is 35.9. The maximum Gasteiger partial charge on any atom is 0.251 e. The number of ether oxygens (including phenoxy) is 2. The molecule has 2 aromatic heterocycles. The molecule has 8 aromatic rings. The van der Waals surface area contributed by atoms with Crippen LogP contribution in [0.4, 0.5) is 4.39 Å². The van der Waals surface area contributed by atoms with Gasteiger partial charge in [-0.25, -0.2) is 17.8 Å². The molecule has 1 aliphatic rings. The van der Waals surface area contributed by atoms with Crippen LogP contribution in [0.3, 0.4) is 0 Å². The largest absolute Gasteiger partial charge is 0.486 e. The average Bonchev–Trinajstić information content (AvgIpc) is 4.06. The minimum Gasteiger partial charge on any atom is -0.486 e. The fraction of sp³-hybridized carbons (Fsp3) is 0.226. The van der Waals surface area contributed by atoms with Crippen molar-refractivity contribution < 1.29 is 22.3 Å². The summed E-state index contributed by atoms with van der Waals surface area (Å²) >= 11 is 0. The number of fused-ring (bicyclic) bond motifs is 2. The Kier molecular flexibility index (Phi) is 10.6. The van der Waals surface area contributed by atoms with E-state index in [1.807, 2.05) is 117 Å². The number of nitrogens with zero attached hydrogens (tertiary/aromatic N) is 4. The highest BCUT2D eigenvalue weighted by atomic mass is 32.2. The Labute approximate surface area is 367 Å². The van der Waals surface area contributed by atoms with Gasteiger partial charge in [0.15, 0.2) is 5.75 Å². The van der Waals surface area contributed by atoms with Crippen LogP contribution in [0.1, 0.15) is 85.4 Å². The lowest BCUT2D eigenvalue weighted by Crippen LogP contribution is -2.38. The fourth-order valence-corrected chi connectivity index (χ4v) is 9.19. The third kappa shape index (κ3) is 7.61. The summed E-state index contributed by atoms with van der Waals surface area (Å²) in [6, 6.07) is 41.6. The highest BCUT2D eigenvalue weighted by molar-refractivity contribution is 7.91. The van der Waals surface area contributed by atoms with Crippen LogP contribution < -0.4 is 9.47 Å². The van der Waals surface area contributed by atoms with Crippen molar-refractivity contribution in [2.75, 3.05) is 5.75 Å². The van der Waals surface area contributed by atoms with Crippen molar-refractivity contribution in [2.45, 2.75) is 76.3 Å². The Hall–Kier alpha value is -6.83. The van der Waals surface area contributed by atoms with Crippen LogP contribution in [0.25, 0.3) is 32.9 Å². The normalized spacial score (nSPS) is 13.3. The van der Waals surface area contributed by atoms with Crippen LogP contribution in [0, 0.1) is 25.1 Å². The molecule has 9 rings (SSSR count). The molecule has 0 spiro atoms. The van der Waals surface area contributed by atoms with Crippen molar-refractivity contribution in [3.8, 4) is 35.1 Å². The van der Waals surface area contributed by atoms with Crippen molar-refractivity contribution in [2.24, 2.45) is 0 Å². The van der Waals surface area contributed by atoms with E-state index in [0.717, 1.165) is 46.2 Å². The highest BCUT2D eigenvalue weighted by Gasteiger charge is 2.41. The molecule has 8 nitrogen and oxygen atoms in total. The second kappa shape index (κ2) is 16.1. The number of rotatable bonds is 12. The lowest BCUT2D eigenvalue weighted by atomic mass is 9.77. The number of hydrogen-bond acceptors (Lipinski definition) is 7. The molecule has 0 N–H and O–H groups in total. The van der Waals surface area contributed by atoms with Crippen molar-refractivity contribution in [3.63, 3.8) is 0 Å². The first kappa shape index (κ1) is 41.5. The van der Waals surface area contributed by atoms with Gasteiger partial charge in [-0.3, -0.25) is 4.68 Å². The minimum atomic E-state index is -3.94. The van der Waals surface area contributed by atoms with E-state index in [1.165, 1.54) is 6.07 Å². The molecular formula is C53H47FN4O4S. The molecule has 1 saturated carbocycles. The number of halogens is 1. The van der Waals surface area contributed by atoms with Crippen LogP contribution >= 0.6 is 0 Å². The van der Waals surface area contributed by atoms with Crippen LogP contribution in [0.2, 0.25) is 0 Å². The van der Waals surface area contributed by atoms with Gasteiger partial charge in [-0.05, 0) is 98.0 Å². The summed E-state index contributed by atoms with van der Waals surface area (Å²) < 4.78 is 59.6. The Morgan fingerprint density at radius 1 is 0.810 bits per heavy atom. The number of benzene rings is 6. The smallest absolute Gasteiger partial charge is 0.251 e. The third-order valence-corrected chi connectivity index (χ3v) is 13.2. The van der Waals surface area contributed by atoms with E-state index >= 15 is 4.39 Å². The molecule has 63 heavy (non-hydrogen) atoms. The quantitative estimate of drug-likeness (QED) is 0.0686. The second-order valence-corrected chi connectivity index (χ2v) is 19.2. The molecule has 0 radical (unpaired) electrons. The molecule has 0 aliphatic heterocycles. The SMILES string of the molecule is C#Cc1ccc(COc2c(-c3c(C)c(F)cc4nn(C(c5ccccc5)(c5ccccc5)c5ccccc5)cc34)c(C3CC3)cc3c(OC(C)(C)C)nc(S(=O)(=O)CC)nc23)cc1. The van der Waals surface area contributed by atoms with Crippen LogP contribution in [0.5, 0.6) is 11.6 Å². The molecule has 0 saturated heterocycles. The molecule has 1 fully saturated rings. The standard InChI is InChI=1S/C53H47FN4O4S/c1-7-35-24-26-36(27-25-35)33-61-49-47(41(37-28-29-37)30-42-48(49)55-51(63(59,60)8-2)56-50(42)62-52(4,5)6)46-34(3)44(54)31-45-43(46)32-58(57-45)53(38-18-12-9-13-19-38,39-20-14-10-15-21-39)40-22-16-11-17-23-40/h1,9-27,30-32,37H,8,28-29,33H2,2-6H3. The highest BCUT2D eigenvalue weighted by Crippen LogP contribution is 2.54. The lowest BCUT2D eigenvalue weighted by Gasteiger charge is -2.36. The summed E-state index contributed by atoms with van der Waals surface area (Å²) in [5, 5.41) is 6.11. The van der Waals surface area contributed by atoms with E-state index in [1.54, 1.807) is 13.8 Å². The fourth-order valence-electron chi connectivity index (χ4n) is 8.48. The first-order valence-electron chi connectivity index (χ1n) is 21.2. The molecule has 6 aromatic carbocycles. The maximum atomic E-state index is 16.9. The van der Waals surface area contributed by atoms with Gasteiger partial charge in [0.25, 0.3) is 5.16 Å². The zero-order valence-corrected chi connectivity index (χ0v) is 36.7. The number of terminal acetylenes is 1. The van der Waals surface area contributed by atoms with Crippen molar-refractivity contribution in [3.05, 3.63) is 178 Å². The molecule has 0 bridgehead atoms. The Balaban J connectivity index is 1.40. The van der Waals surface area contributed by atoms with E-state index in [4.69, 9.17) is 26.0 Å². The zero-order chi connectivity index (χ0) is 44.1. The predicted octanol–water partition coefficient (Wildman–Crippen LogP) is 11.3. The molecule has 316 valence electrons. The Morgan fingerprint density at radius 2 is 1.40 bits per heavy atom. The molecule has 0 unspecified atom stereocenters. The first-order valence-corrected chi connectivity index (χ1v) is 22.8. The van der Waals surface area contributed by atoms with Gasteiger partial charge in [-0.1, -0.05) is 116 Å². The van der Waals surface area contributed by atoms with Gasteiger partial charge >= 0.3 is 0 Å². The van der Waals surface area contributed by atoms with E-state index in [-0.39, 0.29) is 34.8 Å². The second-order valence-electron chi connectivity index (χ2n) is 17.1. The summed E-state index contributed by atoms with van der Waals surface area (Å²) in [6.45, 7) is 9.04. The molecule has 1 aliphatic carbocycles. The molecular weight excluding hydrogens is 808 g/mol. The number of aromatic nitrogens is 4. The summed E-state index contributed by atoms with van der Waals surface area (Å²) in [6.07, 6.45) is 9.47. The average molecular weight is 855 g/mol. The van der Waals surface area contributed by atoms with Crippen LogP contribution in [0.15, 0.2) is 139 Å². The van der Waals surface area contributed by atoms with Gasteiger partial charge in [0, 0.05) is 34.3 Å². The lowest BCUT2D eigenvalue weighted by molar-refractivity contribution is 0.125. The summed E-state index contributed by atoms with van der Waals surface area (Å²) in [5.74, 6) is 2.50. The van der Waals surface area contributed by atoms with E-state index < -0.39 is 26.8 Å². The predicted molar refractivity (Wildman–Crippen MR) is 246 cm³/mol. The molecule has 10 heteroatoms. The molecule has 0 amide bonds. The van der Waals surface area contributed by atoms with Crippen molar-refractivity contribution in [1.29, 1.82) is 0 Å². The summed E-state index contributed by atoms with van der Waals surface area (Å²) in [5.41, 5.74) is 5.88. The first-order chi connectivity index (χ1) is 30.3. The van der Waals surface area contributed by atoms with Crippen LogP contribution in [-0.2, 0) is 22.0 Å². The third-order valence-electron chi connectivity index (χ3n) is 11.7. The van der Waals surface area contributed by atoms with E-state index in [9.17, 15) is 8.42 Å². The molecule has 2 heterocycles. The van der Waals surface area contributed by atoms with E-state index in [0.29, 0.717) is 38.7 Å². The van der Waals surface area contributed by atoms with Crippen molar-refractivity contribution >= 4 is 31.6 Å². The van der Waals surface area contributed by atoms with Crippen LogP contribution in [-0.4, -0.2) is 39.5 Å². The summed E-state index contributed by atoms with van der Waals surface area (Å²) in [4.78, 5) is 9.37. The Morgan fingerprint density at radius 3 is 1.92 bits per heavy atom. The van der Waals surface area contributed by atoms with Gasteiger partial charge in [-0.15, -0.1) is 6.42 Å². The topological polar surface area (TPSA) is 96.2 Å². The van der Waals surface area contributed by atoms with Gasteiger partial charge in [0.1, 0.15) is 29.1 Å². The number of hydrogen-bond donors (Lipinski definition) is 0. The molecule has 0 atom stereocenters. The summed E-state index contributed by atoms with van der Waals surface area (Å²) in [7, 11) is -3.94. The van der Waals surface area contributed by atoms with Gasteiger partial charge in [0.2, 0.25) is 15.7 Å². The van der Waals surface area contributed by atoms with E-state index in [2.05, 4.69) is 47.3 Å². The number of sulfone groups is 1. The van der Waals surface area contributed by atoms with Crippen molar-refractivity contribution in [1.82, 2.24) is 19.7 Å².